The van der Waals surface area contributed by atoms with Crippen LogP contribution in [0.25, 0.3) is 11.0 Å². The molecular weight excluding hydrogens is 398 g/mol. The van der Waals surface area contributed by atoms with Gasteiger partial charge < -0.3 is 10.8 Å². The van der Waals surface area contributed by atoms with Crippen LogP contribution in [-0.2, 0) is 15.6 Å². The quantitative estimate of drug-likeness (QED) is 0.621. The third-order valence-electron chi connectivity index (χ3n) is 4.63. The normalized spacial score (nSPS) is 14.1. The first-order valence-corrected chi connectivity index (χ1v) is 10.4. The van der Waals surface area contributed by atoms with Gasteiger partial charge in [-0.3, -0.25) is 0 Å². The molecule has 0 bridgehead atoms. The van der Waals surface area contributed by atoms with Crippen molar-refractivity contribution in [3.63, 3.8) is 0 Å². The summed E-state index contributed by atoms with van der Waals surface area (Å²) in [5.74, 6) is 2.35. The van der Waals surface area contributed by atoms with Gasteiger partial charge in [0.1, 0.15) is 5.60 Å². The van der Waals surface area contributed by atoms with E-state index in [9.17, 15) is 13.5 Å². The maximum absolute atomic E-state index is 12.8. The number of nitrogen functional groups attached to an aromatic ring is 1. The van der Waals surface area contributed by atoms with Crippen molar-refractivity contribution in [2.45, 2.75) is 31.1 Å². The van der Waals surface area contributed by atoms with Crippen molar-refractivity contribution < 1.29 is 13.5 Å². The summed E-state index contributed by atoms with van der Waals surface area (Å²) in [6.07, 6.45) is 5.48. The molecule has 0 saturated carbocycles. The molecule has 0 saturated heterocycles. The zero-order valence-corrected chi connectivity index (χ0v) is 17.0. The standard InChI is InChI=1S/C20H20ClN3O3S/c1-4-10-20(25,14-6-5-7-16(21)11-14)15-8-9-17-18(12-15)24(19(22)23-17)28(26,27)13(2)3/h1,5-9,11-13,25H,10H2,2-3H3,(H2,22,23). The number of aliphatic hydroxyl groups is 1. The number of aromatic nitrogens is 2. The molecule has 1 atom stereocenters. The molecule has 0 spiro atoms. The van der Waals surface area contributed by atoms with Gasteiger partial charge in [0.05, 0.1) is 16.3 Å². The van der Waals surface area contributed by atoms with Crippen LogP contribution in [0.2, 0.25) is 5.02 Å². The third-order valence-corrected chi connectivity index (χ3v) is 6.94. The maximum atomic E-state index is 12.8. The predicted molar refractivity (Wildman–Crippen MR) is 112 cm³/mol. The Bertz CT molecular complexity index is 1200. The Morgan fingerprint density at radius 2 is 1.96 bits per heavy atom. The Balaban J connectivity index is 2.30. The first kappa shape index (κ1) is 20.2. The fraction of sp³-hybridized carbons (Fsp3) is 0.250. The van der Waals surface area contributed by atoms with Crippen LogP contribution in [0.15, 0.2) is 42.5 Å². The van der Waals surface area contributed by atoms with Crippen LogP contribution in [-0.4, -0.2) is 27.7 Å². The van der Waals surface area contributed by atoms with E-state index >= 15 is 0 Å². The van der Waals surface area contributed by atoms with E-state index in [0.717, 1.165) is 3.97 Å². The predicted octanol–water partition coefficient (Wildman–Crippen LogP) is 3.12. The van der Waals surface area contributed by atoms with Gasteiger partial charge in [-0.05, 0) is 49.2 Å². The van der Waals surface area contributed by atoms with Crippen molar-refractivity contribution >= 4 is 38.6 Å². The molecule has 28 heavy (non-hydrogen) atoms. The number of nitrogens with two attached hydrogens (primary N) is 1. The van der Waals surface area contributed by atoms with Gasteiger partial charge in [0, 0.05) is 11.4 Å². The number of benzene rings is 2. The lowest BCUT2D eigenvalue weighted by molar-refractivity contribution is 0.0867. The molecule has 0 aliphatic carbocycles. The van der Waals surface area contributed by atoms with Crippen molar-refractivity contribution in [1.29, 1.82) is 0 Å². The summed E-state index contributed by atoms with van der Waals surface area (Å²) in [7, 11) is -3.75. The molecular formula is C20H20ClN3O3S. The summed E-state index contributed by atoms with van der Waals surface area (Å²) < 4.78 is 26.5. The minimum Gasteiger partial charge on any atom is -0.379 e. The van der Waals surface area contributed by atoms with E-state index in [-0.39, 0.29) is 17.9 Å². The Morgan fingerprint density at radius 3 is 2.57 bits per heavy atom. The van der Waals surface area contributed by atoms with E-state index in [0.29, 0.717) is 21.7 Å². The molecule has 3 aromatic rings. The van der Waals surface area contributed by atoms with Crippen molar-refractivity contribution in [2.24, 2.45) is 0 Å². The van der Waals surface area contributed by atoms with Crippen molar-refractivity contribution in [1.82, 2.24) is 8.96 Å². The smallest absolute Gasteiger partial charge is 0.244 e. The minimum absolute atomic E-state index is 0.0284. The molecule has 146 valence electrons. The van der Waals surface area contributed by atoms with Gasteiger partial charge in [0.25, 0.3) is 0 Å². The van der Waals surface area contributed by atoms with Gasteiger partial charge in [0.15, 0.2) is 0 Å². The number of imidazole rings is 1. The third kappa shape index (κ3) is 3.24. The lowest BCUT2D eigenvalue weighted by Crippen LogP contribution is -2.27. The van der Waals surface area contributed by atoms with Crippen molar-refractivity contribution in [3.8, 4) is 12.3 Å². The highest BCUT2D eigenvalue weighted by atomic mass is 35.5. The second-order valence-corrected chi connectivity index (χ2v) is 9.56. The maximum Gasteiger partial charge on any atom is 0.244 e. The Kier molecular flexibility index (Phi) is 5.15. The van der Waals surface area contributed by atoms with Gasteiger partial charge in [-0.2, -0.15) is 0 Å². The van der Waals surface area contributed by atoms with E-state index in [2.05, 4.69) is 10.9 Å². The van der Waals surface area contributed by atoms with Gasteiger partial charge >= 0.3 is 0 Å². The Labute approximate surface area is 169 Å². The molecule has 1 aromatic heterocycles. The summed E-state index contributed by atoms with van der Waals surface area (Å²) in [5.41, 5.74) is 5.93. The number of rotatable bonds is 5. The van der Waals surface area contributed by atoms with Crippen LogP contribution < -0.4 is 5.73 Å². The number of nitrogens with zero attached hydrogens (tertiary/aromatic N) is 2. The van der Waals surface area contributed by atoms with Crippen LogP contribution >= 0.6 is 11.6 Å². The van der Waals surface area contributed by atoms with Gasteiger partial charge in [0.2, 0.25) is 16.0 Å². The molecule has 3 rings (SSSR count). The van der Waals surface area contributed by atoms with Crippen molar-refractivity contribution in [3.05, 3.63) is 58.6 Å². The fourth-order valence-corrected chi connectivity index (χ4v) is 4.41. The summed E-state index contributed by atoms with van der Waals surface area (Å²) >= 11 is 6.08. The van der Waals surface area contributed by atoms with E-state index in [1.165, 1.54) is 0 Å². The number of halogens is 1. The van der Waals surface area contributed by atoms with Crippen LogP contribution in [0.4, 0.5) is 5.95 Å². The Morgan fingerprint density at radius 1 is 1.29 bits per heavy atom. The van der Waals surface area contributed by atoms with Crippen molar-refractivity contribution in [2.75, 3.05) is 5.73 Å². The molecule has 0 amide bonds. The SMILES string of the molecule is C#CCC(O)(c1cccc(Cl)c1)c1ccc2nc(N)n(S(=O)(=O)C(C)C)c2c1. The van der Waals surface area contributed by atoms with Gasteiger partial charge in [-0.15, -0.1) is 12.3 Å². The highest BCUT2D eigenvalue weighted by Gasteiger charge is 2.33. The van der Waals surface area contributed by atoms with Crippen LogP contribution in [0.1, 0.15) is 31.4 Å². The molecule has 0 aliphatic rings. The lowest BCUT2D eigenvalue weighted by atomic mass is 9.83. The van der Waals surface area contributed by atoms with E-state index in [4.69, 9.17) is 23.8 Å². The Hall–Kier alpha value is -2.53. The molecule has 0 aliphatic heterocycles. The molecule has 1 unspecified atom stereocenters. The number of fused-ring (bicyclic) bond motifs is 1. The molecule has 8 heteroatoms. The summed E-state index contributed by atoms with van der Waals surface area (Å²) in [6.45, 7) is 3.12. The summed E-state index contributed by atoms with van der Waals surface area (Å²) in [5, 5.41) is 11.2. The number of terminal acetylenes is 1. The minimum atomic E-state index is -3.75. The number of hydrogen-bond donors (Lipinski definition) is 2. The lowest BCUT2D eigenvalue weighted by Gasteiger charge is -2.28. The number of hydrogen-bond acceptors (Lipinski definition) is 5. The second kappa shape index (κ2) is 7.13. The second-order valence-electron chi connectivity index (χ2n) is 6.78. The first-order chi connectivity index (χ1) is 13.1. The van der Waals surface area contributed by atoms with Crippen LogP contribution in [0, 0.1) is 12.3 Å². The molecule has 2 aromatic carbocycles. The highest BCUT2D eigenvalue weighted by molar-refractivity contribution is 7.90. The average Bonchev–Trinajstić information content (AvgIpc) is 2.97. The molecule has 3 N–H and O–H groups in total. The zero-order valence-electron chi connectivity index (χ0n) is 15.4. The average molecular weight is 418 g/mol. The summed E-state index contributed by atoms with van der Waals surface area (Å²) in [6, 6.07) is 11.6. The molecule has 0 radical (unpaired) electrons. The number of anilines is 1. The first-order valence-electron chi connectivity index (χ1n) is 8.56. The topological polar surface area (TPSA) is 98.2 Å². The largest absolute Gasteiger partial charge is 0.379 e. The van der Waals surface area contributed by atoms with Crippen LogP contribution in [0.3, 0.4) is 0 Å². The van der Waals surface area contributed by atoms with Gasteiger partial charge in [-0.25, -0.2) is 17.4 Å². The molecule has 6 nitrogen and oxygen atoms in total. The highest BCUT2D eigenvalue weighted by Crippen LogP contribution is 2.36. The molecule has 1 heterocycles. The van der Waals surface area contributed by atoms with Gasteiger partial charge in [-0.1, -0.05) is 29.8 Å². The van der Waals surface area contributed by atoms with E-state index in [1.807, 2.05) is 0 Å². The summed E-state index contributed by atoms with van der Waals surface area (Å²) in [4.78, 5) is 4.14. The fourth-order valence-electron chi connectivity index (χ4n) is 3.07. The molecule has 0 fully saturated rings. The van der Waals surface area contributed by atoms with Crippen LogP contribution in [0.5, 0.6) is 0 Å². The van der Waals surface area contributed by atoms with E-state index in [1.54, 1.807) is 56.3 Å². The van der Waals surface area contributed by atoms with E-state index < -0.39 is 20.9 Å². The zero-order chi connectivity index (χ0) is 20.7. The monoisotopic (exact) mass is 417 g/mol.